The molecule has 0 aromatic heterocycles. The van der Waals surface area contributed by atoms with E-state index in [4.69, 9.17) is 4.84 Å². The second-order valence-electron chi connectivity index (χ2n) is 4.05. The fraction of sp³-hybridized carbons (Fsp3) is 0.125. The summed E-state index contributed by atoms with van der Waals surface area (Å²) < 4.78 is 0. The molecule has 0 atom stereocenters. The molecule has 0 aliphatic heterocycles. The Hall–Kier alpha value is -2.42. The van der Waals surface area contributed by atoms with Gasteiger partial charge in [0.1, 0.15) is 7.11 Å². The first-order chi connectivity index (χ1) is 9.31. The van der Waals surface area contributed by atoms with Crippen LogP contribution >= 0.6 is 0 Å². The van der Waals surface area contributed by atoms with Crippen molar-refractivity contribution in [3.8, 4) is 0 Å². The van der Waals surface area contributed by atoms with Crippen LogP contribution in [0.4, 0.5) is 0 Å². The average molecular weight is 253 g/mol. The third-order valence-electron chi connectivity index (χ3n) is 2.73. The molecule has 0 aliphatic rings. The van der Waals surface area contributed by atoms with Gasteiger partial charge < -0.3 is 4.84 Å². The first-order valence-corrected chi connectivity index (χ1v) is 6.05. The van der Waals surface area contributed by atoms with E-state index in [9.17, 15) is 4.79 Å². The minimum atomic E-state index is 0.0280. The van der Waals surface area contributed by atoms with Crippen molar-refractivity contribution in [1.82, 2.24) is 0 Å². The number of carbonyl (C=O) groups excluding carboxylic acids is 1. The number of hydrogen-bond donors (Lipinski definition) is 0. The molecular formula is C16H15NO2. The van der Waals surface area contributed by atoms with Crippen molar-refractivity contribution >= 4 is 11.5 Å². The Bertz CT molecular complexity index is 562. The van der Waals surface area contributed by atoms with E-state index in [1.54, 1.807) is 12.1 Å². The first kappa shape index (κ1) is 13.0. The molecule has 3 heteroatoms. The lowest BCUT2D eigenvalue weighted by atomic mass is 10.0. The standard InChI is InChI=1S/C16H15NO2/c1-19-17-15(13-8-4-2-5-9-13)12-16(18)14-10-6-3-7-11-14/h2-11H,12H2,1H3/b17-15+. The molecule has 0 N–H and O–H groups in total. The summed E-state index contributed by atoms with van der Waals surface area (Å²) >= 11 is 0. The lowest BCUT2D eigenvalue weighted by Crippen LogP contribution is -2.10. The highest BCUT2D eigenvalue weighted by Gasteiger charge is 2.12. The highest BCUT2D eigenvalue weighted by Crippen LogP contribution is 2.10. The van der Waals surface area contributed by atoms with Crippen LogP contribution in [0.5, 0.6) is 0 Å². The Kier molecular flexibility index (Phi) is 4.45. The van der Waals surface area contributed by atoms with Crippen LogP contribution in [0.15, 0.2) is 65.8 Å². The number of nitrogens with zero attached hydrogens (tertiary/aromatic N) is 1. The monoisotopic (exact) mass is 253 g/mol. The predicted octanol–water partition coefficient (Wildman–Crippen LogP) is 3.31. The SMILES string of the molecule is CO/N=C(\CC(=O)c1ccccc1)c1ccccc1. The van der Waals surface area contributed by atoms with Gasteiger partial charge in [-0.15, -0.1) is 0 Å². The molecule has 0 saturated heterocycles. The van der Waals surface area contributed by atoms with E-state index < -0.39 is 0 Å². The van der Waals surface area contributed by atoms with Crippen molar-refractivity contribution in [1.29, 1.82) is 0 Å². The van der Waals surface area contributed by atoms with E-state index in [0.717, 1.165) is 5.56 Å². The average Bonchev–Trinajstić information content (AvgIpc) is 2.48. The molecule has 0 aliphatic carbocycles. The molecule has 2 rings (SSSR count). The van der Waals surface area contributed by atoms with Gasteiger partial charge in [-0.25, -0.2) is 0 Å². The molecule has 0 fully saturated rings. The summed E-state index contributed by atoms with van der Waals surface area (Å²) in [6.07, 6.45) is 0.224. The molecule has 0 spiro atoms. The molecule has 0 unspecified atom stereocenters. The van der Waals surface area contributed by atoms with Crippen LogP contribution < -0.4 is 0 Å². The fourth-order valence-electron chi connectivity index (χ4n) is 1.81. The van der Waals surface area contributed by atoms with E-state index in [2.05, 4.69) is 5.16 Å². The summed E-state index contributed by atoms with van der Waals surface area (Å²) in [6.45, 7) is 0. The van der Waals surface area contributed by atoms with Gasteiger partial charge in [0.25, 0.3) is 0 Å². The highest BCUT2D eigenvalue weighted by atomic mass is 16.6. The summed E-state index contributed by atoms with van der Waals surface area (Å²) in [6, 6.07) is 18.8. The predicted molar refractivity (Wildman–Crippen MR) is 75.4 cm³/mol. The van der Waals surface area contributed by atoms with E-state index in [1.807, 2.05) is 48.5 Å². The number of ketones is 1. The quantitative estimate of drug-likeness (QED) is 0.466. The Morgan fingerprint density at radius 1 is 0.947 bits per heavy atom. The van der Waals surface area contributed by atoms with Crippen LogP contribution in [-0.4, -0.2) is 18.6 Å². The molecule has 2 aromatic rings. The normalized spacial score (nSPS) is 11.1. The third kappa shape index (κ3) is 3.52. The zero-order valence-electron chi connectivity index (χ0n) is 10.7. The maximum absolute atomic E-state index is 12.2. The zero-order valence-corrected chi connectivity index (χ0v) is 10.7. The van der Waals surface area contributed by atoms with Crippen molar-refractivity contribution < 1.29 is 9.63 Å². The van der Waals surface area contributed by atoms with Gasteiger partial charge in [0, 0.05) is 5.56 Å². The number of rotatable bonds is 5. The maximum Gasteiger partial charge on any atom is 0.168 e. The summed E-state index contributed by atoms with van der Waals surface area (Å²) in [5, 5.41) is 3.96. The lowest BCUT2D eigenvalue weighted by molar-refractivity contribution is 0.0999. The van der Waals surface area contributed by atoms with E-state index in [1.165, 1.54) is 7.11 Å². The second kappa shape index (κ2) is 6.50. The van der Waals surface area contributed by atoms with Crippen molar-refractivity contribution in [2.24, 2.45) is 5.16 Å². The van der Waals surface area contributed by atoms with Crippen molar-refractivity contribution in [3.05, 3.63) is 71.8 Å². The summed E-state index contributed by atoms with van der Waals surface area (Å²) in [4.78, 5) is 17.0. The maximum atomic E-state index is 12.2. The van der Waals surface area contributed by atoms with Gasteiger partial charge in [-0.2, -0.15) is 0 Å². The number of benzene rings is 2. The zero-order chi connectivity index (χ0) is 13.5. The van der Waals surface area contributed by atoms with Crippen molar-refractivity contribution in [2.75, 3.05) is 7.11 Å². The van der Waals surface area contributed by atoms with Gasteiger partial charge >= 0.3 is 0 Å². The molecule has 96 valence electrons. The fourth-order valence-corrected chi connectivity index (χ4v) is 1.81. The van der Waals surface area contributed by atoms with Crippen LogP contribution in [0.1, 0.15) is 22.3 Å². The second-order valence-corrected chi connectivity index (χ2v) is 4.05. The summed E-state index contributed by atoms with van der Waals surface area (Å²) in [7, 11) is 1.48. The van der Waals surface area contributed by atoms with Crippen molar-refractivity contribution in [3.63, 3.8) is 0 Å². The minimum absolute atomic E-state index is 0.0280. The Morgan fingerprint density at radius 3 is 2.00 bits per heavy atom. The lowest BCUT2D eigenvalue weighted by Gasteiger charge is -2.05. The summed E-state index contributed by atoms with van der Waals surface area (Å²) in [5.41, 5.74) is 2.22. The van der Waals surface area contributed by atoms with Gasteiger partial charge in [0.2, 0.25) is 0 Å². The van der Waals surface area contributed by atoms with Crippen molar-refractivity contribution in [2.45, 2.75) is 6.42 Å². The summed E-state index contributed by atoms with van der Waals surface area (Å²) in [5.74, 6) is 0.0280. The van der Waals surface area contributed by atoms with Gasteiger partial charge in [-0.1, -0.05) is 65.8 Å². The molecule has 19 heavy (non-hydrogen) atoms. The molecule has 0 saturated carbocycles. The Morgan fingerprint density at radius 2 is 1.47 bits per heavy atom. The number of hydrogen-bond acceptors (Lipinski definition) is 3. The van der Waals surface area contributed by atoms with E-state index >= 15 is 0 Å². The third-order valence-corrected chi connectivity index (χ3v) is 2.73. The number of oxime groups is 1. The van der Waals surface area contributed by atoms with Gasteiger partial charge in [0.05, 0.1) is 12.1 Å². The van der Waals surface area contributed by atoms with Crippen LogP contribution in [0.25, 0.3) is 0 Å². The number of Topliss-reactive ketones (excluding diaryl/α,β-unsaturated/α-hetero) is 1. The van der Waals surface area contributed by atoms with Gasteiger partial charge in [0.15, 0.2) is 5.78 Å². The van der Waals surface area contributed by atoms with Crippen LogP contribution in [0, 0.1) is 0 Å². The highest BCUT2D eigenvalue weighted by molar-refractivity contribution is 6.15. The van der Waals surface area contributed by atoms with Gasteiger partial charge in [-0.05, 0) is 5.56 Å². The Balaban J connectivity index is 2.19. The molecule has 3 nitrogen and oxygen atoms in total. The van der Waals surface area contributed by atoms with Crippen LogP contribution in [0.2, 0.25) is 0 Å². The molecule has 0 radical (unpaired) electrons. The molecule has 0 amide bonds. The molecule has 0 bridgehead atoms. The molecule has 0 heterocycles. The number of carbonyl (C=O) groups is 1. The van der Waals surface area contributed by atoms with E-state index in [-0.39, 0.29) is 12.2 Å². The molecule has 2 aromatic carbocycles. The Labute approximate surface area is 112 Å². The topological polar surface area (TPSA) is 38.7 Å². The largest absolute Gasteiger partial charge is 0.399 e. The molecular weight excluding hydrogens is 238 g/mol. The van der Waals surface area contributed by atoms with E-state index in [0.29, 0.717) is 11.3 Å². The minimum Gasteiger partial charge on any atom is -0.399 e. The van der Waals surface area contributed by atoms with Gasteiger partial charge in [-0.3, -0.25) is 4.79 Å². The van der Waals surface area contributed by atoms with Crippen LogP contribution in [-0.2, 0) is 4.84 Å². The smallest absolute Gasteiger partial charge is 0.168 e. The van der Waals surface area contributed by atoms with Crippen LogP contribution in [0.3, 0.4) is 0 Å². The first-order valence-electron chi connectivity index (χ1n) is 6.05.